The average molecular weight is 194 g/mol. The van der Waals surface area contributed by atoms with E-state index in [1.165, 1.54) is 6.07 Å². The number of hydrogen-bond donors (Lipinski definition) is 1. The van der Waals surface area contributed by atoms with E-state index < -0.39 is 5.60 Å². The van der Waals surface area contributed by atoms with Crippen LogP contribution in [-0.4, -0.2) is 11.4 Å². The van der Waals surface area contributed by atoms with Gasteiger partial charge in [0, 0.05) is 6.42 Å². The molecular weight excluding hydrogens is 183 g/mol. The largest absolute Gasteiger partial charge is 0.385 e. The first kappa shape index (κ1) is 9.34. The Kier molecular flexibility index (Phi) is 2.11. The summed E-state index contributed by atoms with van der Waals surface area (Å²) in [6.45, 7) is 0. The molecule has 0 amide bonds. The van der Waals surface area contributed by atoms with Crippen LogP contribution in [0.4, 0.5) is 4.39 Å². The number of hydrogen-bond acceptors (Lipinski definition) is 2. The molecule has 0 radical (unpaired) electrons. The van der Waals surface area contributed by atoms with Crippen LogP contribution < -0.4 is 0 Å². The number of fused-ring (bicyclic) bond motifs is 1. The van der Waals surface area contributed by atoms with Crippen LogP contribution in [0.2, 0.25) is 0 Å². The fraction of sp³-hybridized carbons (Fsp3) is 0.364. The van der Waals surface area contributed by atoms with Crippen molar-refractivity contribution in [2.75, 3.05) is 0 Å². The van der Waals surface area contributed by atoms with Crippen LogP contribution in [0, 0.1) is 5.82 Å². The molecule has 0 saturated heterocycles. The molecule has 1 aliphatic carbocycles. The summed E-state index contributed by atoms with van der Waals surface area (Å²) in [5.41, 5.74) is -0.0134. The molecule has 3 heteroatoms. The van der Waals surface area contributed by atoms with Crippen LogP contribution in [0.25, 0.3) is 0 Å². The molecule has 0 spiro atoms. The molecule has 1 unspecified atom stereocenters. The van der Waals surface area contributed by atoms with Crippen LogP contribution >= 0.6 is 0 Å². The molecule has 1 aliphatic rings. The Morgan fingerprint density at radius 1 is 1.57 bits per heavy atom. The highest BCUT2D eigenvalue weighted by atomic mass is 19.1. The van der Waals surface area contributed by atoms with Crippen LogP contribution in [0.1, 0.15) is 24.0 Å². The topological polar surface area (TPSA) is 37.3 Å². The summed E-state index contributed by atoms with van der Waals surface area (Å²) in [6, 6.07) is 4.63. The van der Waals surface area contributed by atoms with Gasteiger partial charge in [-0.1, -0.05) is 12.1 Å². The van der Waals surface area contributed by atoms with Crippen molar-refractivity contribution in [1.29, 1.82) is 0 Å². The van der Waals surface area contributed by atoms with E-state index >= 15 is 0 Å². The van der Waals surface area contributed by atoms with Crippen molar-refractivity contribution in [1.82, 2.24) is 0 Å². The van der Waals surface area contributed by atoms with Gasteiger partial charge in [0.25, 0.3) is 0 Å². The van der Waals surface area contributed by atoms with Crippen LogP contribution in [0.5, 0.6) is 0 Å². The SMILES string of the molecule is O=CCC1(O)CCc2c(F)cccc21. The van der Waals surface area contributed by atoms with Crippen LogP contribution in [0.3, 0.4) is 0 Å². The smallest absolute Gasteiger partial charge is 0.126 e. The Hall–Kier alpha value is -1.22. The summed E-state index contributed by atoms with van der Waals surface area (Å²) in [5.74, 6) is -0.288. The Labute approximate surface area is 81.4 Å². The third kappa shape index (κ3) is 1.24. The molecule has 74 valence electrons. The molecule has 1 aromatic carbocycles. The Balaban J connectivity index is 2.48. The standard InChI is InChI=1S/C11H11FO2/c12-10-3-1-2-9-8(10)4-5-11(9,14)6-7-13/h1-3,7,14H,4-6H2. The lowest BCUT2D eigenvalue weighted by atomic mass is 9.93. The minimum atomic E-state index is -1.14. The maximum absolute atomic E-state index is 13.3. The van der Waals surface area contributed by atoms with E-state index in [4.69, 9.17) is 0 Å². The molecule has 2 nitrogen and oxygen atoms in total. The van der Waals surface area contributed by atoms with Gasteiger partial charge < -0.3 is 9.90 Å². The fourth-order valence-electron chi connectivity index (χ4n) is 2.07. The van der Waals surface area contributed by atoms with E-state index in [9.17, 15) is 14.3 Å². The monoisotopic (exact) mass is 194 g/mol. The van der Waals surface area contributed by atoms with Crippen molar-refractivity contribution in [3.05, 3.63) is 35.1 Å². The molecule has 2 rings (SSSR count). The summed E-state index contributed by atoms with van der Waals surface area (Å²) in [4.78, 5) is 10.4. The van der Waals surface area contributed by atoms with E-state index in [1.54, 1.807) is 12.1 Å². The van der Waals surface area contributed by atoms with Gasteiger partial charge in [-0.15, -0.1) is 0 Å². The van der Waals surface area contributed by atoms with Gasteiger partial charge in [-0.25, -0.2) is 4.39 Å². The highest BCUT2D eigenvalue weighted by molar-refractivity contribution is 5.54. The minimum absolute atomic E-state index is 0.0451. The number of benzene rings is 1. The summed E-state index contributed by atoms with van der Waals surface area (Å²) < 4.78 is 13.3. The predicted molar refractivity (Wildman–Crippen MR) is 49.3 cm³/mol. The second-order valence-electron chi connectivity index (χ2n) is 3.67. The molecule has 0 fully saturated rings. The lowest BCUT2D eigenvalue weighted by Gasteiger charge is -2.20. The summed E-state index contributed by atoms with van der Waals surface area (Å²) >= 11 is 0. The molecule has 0 aromatic heterocycles. The van der Waals surface area contributed by atoms with E-state index in [-0.39, 0.29) is 12.2 Å². The highest BCUT2D eigenvalue weighted by Crippen LogP contribution is 2.39. The van der Waals surface area contributed by atoms with E-state index in [0.717, 1.165) is 0 Å². The lowest BCUT2D eigenvalue weighted by Crippen LogP contribution is -2.22. The van der Waals surface area contributed by atoms with Crippen LogP contribution in [-0.2, 0) is 16.8 Å². The van der Waals surface area contributed by atoms with Crippen molar-refractivity contribution < 1.29 is 14.3 Å². The molecular formula is C11H11FO2. The fourth-order valence-corrected chi connectivity index (χ4v) is 2.07. The molecule has 14 heavy (non-hydrogen) atoms. The zero-order valence-corrected chi connectivity index (χ0v) is 7.66. The summed E-state index contributed by atoms with van der Waals surface area (Å²) in [5, 5.41) is 10.1. The van der Waals surface area contributed by atoms with Crippen molar-refractivity contribution >= 4 is 6.29 Å². The normalized spacial score (nSPS) is 24.7. The van der Waals surface area contributed by atoms with E-state index in [1.807, 2.05) is 0 Å². The first-order valence-corrected chi connectivity index (χ1v) is 4.61. The number of aldehydes is 1. The second kappa shape index (κ2) is 3.17. The first-order valence-electron chi connectivity index (χ1n) is 4.61. The molecule has 1 N–H and O–H groups in total. The van der Waals surface area contributed by atoms with Crippen molar-refractivity contribution in [2.45, 2.75) is 24.9 Å². The quantitative estimate of drug-likeness (QED) is 0.725. The zero-order valence-electron chi connectivity index (χ0n) is 7.66. The van der Waals surface area contributed by atoms with Crippen molar-refractivity contribution in [2.24, 2.45) is 0 Å². The first-order chi connectivity index (χ1) is 6.67. The van der Waals surface area contributed by atoms with Gasteiger partial charge in [0.1, 0.15) is 12.1 Å². The predicted octanol–water partition coefficient (Wildman–Crippen LogP) is 1.55. The van der Waals surface area contributed by atoms with Gasteiger partial charge in [-0.2, -0.15) is 0 Å². The van der Waals surface area contributed by atoms with Gasteiger partial charge in [0.15, 0.2) is 0 Å². The Morgan fingerprint density at radius 2 is 2.36 bits per heavy atom. The van der Waals surface area contributed by atoms with Gasteiger partial charge in [-0.3, -0.25) is 0 Å². The van der Waals surface area contributed by atoms with E-state index in [2.05, 4.69) is 0 Å². The number of carbonyl (C=O) groups is 1. The lowest BCUT2D eigenvalue weighted by molar-refractivity contribution is -0.112. The van der Waals surface area contributed by atoms with Gasteiger partial charge in [-0.05, 0) is 30.0 Å². The van der Waals surface area contributed by atoms with Gasteiger partial charge in [0.05, 0.1) is 5.60 Å². The zero-order chi connectivity index (χ0) is 10.2. The van der Waals surface area contributed by atoms with E-state index in [0.29, 0.717) is 30.3 Å². The average Bonchev–Trinajstić information content (AvgIpc) is 2.47. The molecule has 1 aromatic rings. The third-order valence-electron chi connectivity index (χ3n) is 2.83. The summed E-state index contributed by atoms with van der Waals surface area (Å²) in [6.07, 6.45) is 1.66. The minimum Gasteiger partial charge on any atom is -0.385 e. The Morgan fingerprint density at radius 3 is 3.07 bits per heavy atom. The number of halogens is 1. The number of rotatable bonds is 2. The molecule has 0 bridgehead atoms. The maximum Gasteiger partial charge on any atom is 0.126 e. The molecule has 0 heterocycles. The second-order valence-corrected chi connectivity index (χ2v) is 3.67. The molecule has 0 saturated carbocycles. The third-order valence-corrected chi connectivity index (χ3v) is 2.83. The number of aliphatic hydroxyl groups is 1. The molecule has 0 aliphatic heterocycles. The maximum atomic E-state index is 13.3. The van der Waals surface area contributed by atoms with Crippen molar-refractivity contribution in [3.63, 3.8) is 0 Å². The Bertz CT molecular complexity index is 376. The van der Waals surface area contributed by atoms with Gasteiger partial charge >= 0.3 is 0 Å². The van der Waals surface area contributed by atoms with Crippen LogP contribution in [0.15, 0.2) is 18.2 Å². The van der Waals surface area contributed by atoms with Gasteiger partial charge in [0.2, 0.25) is 0 Å². The number of carbonyl (C=O) groups excluding carboxylic acids is 1. The highest BCUT2D eigenvalue weighted by Gasteiger charge is 2.37. The van der Waals surface area contributed by atoms with Crippen molar-refractivity contribution in [3.8, 4) is 0 Å². The summed E-state index contributed by atoms with van der Waals surface area (Å²) in [7, 11) is 0. The molecule has 1 atom stereocenters.